The normalized spacial score (nSPS) is 19.7. The molecule has 0 aromatic heterocycles. The van der Waals surface area contributed by atoms with Gasteiger partial charge in [-0.2, -0.15) is 39.5 Å². The van der Waals surface area contributed by atoms with Crippen LogP contribution < -0.4 is 4.74 Å². The van der Waals surface area contributed by atoms with E-state index in [9.17, 15) is 44.3 Å². The van der Waals surface area contributed by atoms with Crippen LogP contribution in [0.4, 0.5) is 48.7 Å². The van der Waals surface area contributed by atoms with Gasteiger partial charge in [0.25, 0.3) is 0 Å². The maximum absolute atomic E-state index is 15.2. The molecule has 2 atom stereocenters. The van der Waals surface area contributed by atoms with Gasteiger partial charge in [-0.25, -0.2) is 9.18 Å². The van der Waals surface area contributed by atoms with Crippen molar-refractivity contribution < 1.29 is 63.7 Å². The number of amides is 1. The predicted octanol–water partition coefficient (Wildman–Crippen LogP) is 9.76. The molecule has 44 heavy (non-hydrogen) atoms. The Morgan fingerprint density at radius 1 is 0.909 bits per heavy atom. The highest BCUT2D eigenvalue weighted by atomic mass is 19.4. The number of hydrogen-bond acceptors (Lipinski definition) is 3. The number of benzene rings is 3. The van der Waals surface area contributed by atoms with Gasteiger partial charge in [-0.3, -0.25) is 4.90 Å². The maximum Gasteiger partial charge on any atom is 0.416 e. The van der Waals surface area contributed by atoms with Crippen molar-refractivity contribution in [1.82, 2.24) is 4.90 Å². The standard InChI is InChI=1S/C30H25F10NO3/c1-14(2)24-22(31)7-8-23(43-4)25(24)21-6-5-18(28(32,33)34)11-17(21)13-41-15(3)26(44-27(41)42)16-9-19(29(35,36)37)12-20(10-16)30(38,39)40/h5-12,14-15,26H,13H2,1-4H3/t15-,26-/m0/s1/i3D3,14D. The molecule has 1 fully saturated rings. The number of ether oxygens (including phenoxy) is 2. The van der Waals surface area contributed by atoms with E-state index in [0.29, 0.717) is 17.0 Å². The molecule has 0 saturated carbocycles. The minimum absolute atomic E-state index is 0.120. The fourth-order valence-electron chi connectivity index (χ4n) is 4.89. The highest BCUT2D eigenvalue weighted by molar-refractivity contribution is 5.79. The Labute approximate surface area is 250 Å². The SMILES string of the molecule is [2H]C(C)(C)c1c(F)ccc(OC)c1-c1ccc(C(F)(F)F)cc1CN1C(=O)O[C@H](c2cc(C(F)(F)F)cc(C(F)(F)F)c2)[C@@H]1C([2H])([2H])[2H]. The number of methoxy groups -OCH3 is 1. The van der Waals surface area contributed by atoms with Crippen molar-refractivity contribution in [3.63, 3.8) is 0 Å². The summed E-state index contributed by atoms with van der Waals surface area (Å²) in [6, 6.07) is 1.94. The van der Waals surface area contributed by atoms with Gasteiger partial charge in [0.15, 0.2) is 0 Å². The van der Waals surface area contributed by atoms with Gasteiger partial charge in [0.1, 0.15) is 17.7 Å². The lowest BCUT2D eigenvalue weighted by Crippen LogP contribution is -2.32. The monoisotopic (exact) mass is 641 g/mol. The number of carbonyl (C=O) groups is 1. The summed E-state index contributed by atoms with van der Waals surface area (Å²) >= 11 is 0. The van der Waals surface area contributed by atoms with Crippen LogP contribution in [0.3, 0.4) is 0 Å². The Bertz CT molecular complexity index is 1680. The summed E-state index contributed by atoms with van der Waals surface area (Å²) in [5.41, 5.74) is -7.22. The quantitative estimate of drug-likeness (QED) is 0.252. The number of cyclic esters (lactones) is 1. The smallest absolute Gasteiger partial charge is 0.416 e. The lowest BCUT2D eigenvalue weighted by atomic mass is 9.88. The summed E-state index contributed by atoms with van der Waals surface area (Å²) < 4.78 is 182. The van der Waals surface area contributed by atoms with Crippen LogP contribution in [0.2, 0.25) is 0 Å². The van der Waals surface area contributed by atoms with E-state index in [1.54, 1.807) is 0 Å². The van der Waals surface area contributed by atoms with Gasteiger partial charge in [-0.05, 0) is 71.9 Å². The van der Waals surface area contributed by atoms with Gasteiger partial charge in [-0.15, -0.1) is 0 Å². The molecule has 3 aromatic carbocycles. The molecule has 3 aromatic rings. The zero-order valence-electron chi connectivity index (χ0n) is 26.9. The van der Waals surface area contributed by atoms with Gasteiger partial charge >= 0.3 is 24.6 Å². The molecule has 0 spiro atoms. The van der Waals surface area contributed by atoms with Gasteiger partial charge in [0.05, 0.1) is 36.4 Å². The summed E-state index contributed by atoms with van der Waals surface area (Å²) in [5, 5.41) is 0. The van der Waals surface area contributed by atoms with Gasteiger partial charge in [0.2, 0.25) is 0 Å². The van der Waals surface area contributed by atoms with Crippen molar-refractivity contribution in [2.24, 2.45) is 0 Å². The molecular weight excluding hydrogens is 612 g/mol. The van der Waals surface area contributed by atoms with E-state index in [2.05, 4.69) is 0 Å². The van der Waals surface area contributed by atoms with Crippen LogP contribution in [-0.4, -0.2) is 24.1 Å². The Morgan fingerprint density at radius 3 is 2.00 bits per heavy atom. The molecule has 1 aliphatic rings. The predicted molar refractivity (Wildman–Crippen MR) is 138 cm³/mol. The fourth-order valence-corrected chi connectivity index (χ4v) is 4.89. The van der Waals surface area contributed by atoms with Crippen LogP contribution in [0.15, 0.2) is 48.5 Å². The van der Waals surface area contributed by atoms with Crippen LogP contribution in [0.25, 0.3) is 11.1 Å². The molecule has 0 radical (unpaired) electrons. The third kappa shape index (κ3) is 6.43. The van der Waals surface area contributed by atoms with Gasteiger partial charge in [-0.1, -0.05) is 19.9 Å². The molecule has 14 heteroatoms. The van der Waals surface area contributed by atoms with E-state index < -0.39 is 89.7 Å². The number of rotatable bonds is 6. The zero-order chi connectivity index (χ0) is 36.4. The summed E-state index contributed by atoms with van der Waals surface area (Å²) in [5.74, 6) is -2.82. The average molecular weight is 642 g/mol. The molecule has 1 aliphatic heterocycles. The first-order chi connectivity index (χ1) is 21.7. The third-order valence-electron chi connectivity index (χ3n) is 6.90. The highest BCUT2D eigenvalue weighted by Gasteiger charge is 2.44. The Kier molecular flexibility index (Phi) is 7.21. The van der Waals surface area contributed by atoms with E-state index in [1.807, 2.05) is 0 Å². The Balaban J connectivity index is 1.96. The van der Waals surface area contributed by atoms with Crippen LogP contribution >= 0.6 is 0 Å². The number of alkyl halides is 9. The second-order valence-electron chi connectivity index (χ2n) is 10.1. The summed E-state index contributed by atoms with van der Waals surface area (Å²) in [7, 11) is 1.15. The van der Waals surface area contributed by atoms with Crippen molar-refractivity contribution in [3.8, 4) is 16.9 Å². The van der Waals surface area contributed by atoms with E-state index in [1.165, 1.54) is 13.8 Å². The second-order valence-corrected chi connectivity index (χ2v) is 10.1. The Morgan fingerprint density at radius 2 is 1.50 bits per heavy atom. The van der Waals surface area contributed by atoms with Gasteiger partial charge < -0.3 is 9.47 Å². The fraction of sp³-hybridized carbons (Fsp3) is 0.367. The largest absolute Gasteiger partial charge is 0.496 e. The topological polar surface area (TPSA) is 38.8 Å². The molecule has 0 bridgehead atoms. The first-order valence-electron chi connectivity index (χ1n) is 14.6. The summed E-state index contributed by atoms with van der Waals surface area (Å²) in [4.78, 5) is 13.6. The van der Waals surface area contributed by atoms with Crippen molar-refractivity contribution in [1.29, 1.82) is 0 Å². The van der Waals surface area contributed by atoms with Crippen LogP contribution in [0.1, 0.15) is 71.6 Å². The Hall–Kier alpha value is -3.97. The van der Waals surface area contributed by atoms with Crippen molar-refractivity contribution in [2.75, 3.05) is 7.11 Å². The maximum atomic E-state index is 15.2. The molecule has 4 nitrogen and oxygen atoms in total. The molecule has 4 rings (SSSR count). The number of carbonyl (C=O) groups excluding carboxylic acids is 1. The molecular formula is C30H25F10NO3. The minimum Gasteiger partial charge on any atom is -0.496 e. The summed E-state index contributed by atoms with van der Waals surface area (Å²) in [6.45, 7) is -1.89. The molecule has 0 N–H and O–H groups in total. The van der Waals surface area contributed by atoms with Crippen molar-refractivity contribution in [3.05, 3.63) is 87.7 Å². The molecule has 1 saturated heterocycles. The van der Waals surface area contributed by atoms with Crippen LogP contribution in [-0.2, 0) is 29.8 Å². The number of nitrogens with zero attached hydrogens (tertiary/aromatic N) is 1. The van der Waals surface area contributed by atoms with E-state index in [-0.39, 0.29) is 40.6 Å². The lowest BCUT2D eigenvalue weighted by Gasteiger charge is -2.25. The second kappa shape index (κ2) is 11.5. The number of hydrogen-bond donors (Lipinski definition) is 0. The minimum atomic E-state index is -5.34. The molecule has 1 amide bonds. The van der Waals surface area contributed by atoms with Crippen LogP contribution in [0.5, 0.6) is 5.75 Å². The molecule has 0 aliphatic carbocycles. The lowest BCUT2D eigenvalue weighted by molar-refractivity contribution is -0.143. The first kappa shape index (κ1) is 27.6. The van der Waals surface area contributed by atoms with E-state index in [4.69, 9.17) is 15.0 Å². The van der Waals surface area contributed by atoms with E-state index in [0.717, 1.165) is 25.3 Å². The summed E-state index contributed by atoms with van der Waals surface area (Å²) in [6.07, 6.45) is -19.5. The first-order valence-corrected chi connectivity index (χ1v) is 12.6. The number of halogens is 10. The van der Waals surface area contributed by atoms with Crippen molar-refractivity contribution in [2.45, 2.75) is 63.8 Å². The van der Waals surface area contributed by atoms with E-state index >= 15 is 4.39 Å². The molecule has 238 valence electrons. The molecule has 0 unspecified atom stereocenters. The highest BCUT2D eigenvalue weighted by Crippen LogP contribution is 2.45. The third-order valence-corrected chi connectivity index (χ3v) is 6.90. The van der Waals surface area contributed by atoms with Crippen molar-refractivity contribution >= 4 is 6.09 Å². The average Bonchev–Trinajstić information content (AvgIpc) is 3.26. The van der Waals surface area contributed by atoms with Gasteiger partial charge in [0, 0.05) is 16.6 Å². The van der Waals surface area contributed by atoms with Crippen LogP contribution in [0, 0.1) is 5.82 Å². The zero-order valence-corrected chi connectivity index (χ0v) is 22.9. The molecule has 1 heterocycles.